The number of aryl methyl sites for hydroxylation is 1. The predicted molar refractivity (Wildman–Crippen MR) is 79.3 cm³/mol. The molecule has 0 bridgehead atoms. The summed E-state index contributed by atoms with van der Waals surface area (Å²) < 4.78 is 5.60. The van der Waals surface area contributed by atoms with Crippen molar-refractivity contribution in [1.82, 2.24) is 9.97 Å². The maximum absolute atomic E-state index is 10.9. The number of carboxylic acids is 1. The van der Waals surface area contributed by atoms with Crippen molar-refractivity contribution < 1.29 is 14.6 Å². The predicted octanol–water partition coefficient (Wildman–Crippen LogP) is 4.05. The van der Waals surface area contributed by atoms with Gasteiger partial charge in [0.1, 0.15) is 5.75 Å². The molecule has 0 aliphatic carbocycles. The van der Waals surface area contributed by atoms with Crippen molar-refractivity contribution in [3.8, 4) is 11.8 Å². The lowest BCUT2D eigenvalue weighted by atomic mass is 10.0. The van der Waals surface area contributed by atoms with Crippen LogP contribution < -0.4 is 4.74 Å². The number of halogens is 1. The number of nitrogens with zero attached hydrogens (tertiary/aromatic N) is 2. The van der Waals surface area contributed by atoms with Crippen molar-refractivity contribution >= 4 is 17.6 Å². The first-order valence-corrected chi connectivity index (χ1v) is 6.80. The van der Waals surface area contributed by atoms with Crippen LogP contribution in [0.4, 0.5) is 0 Å². The minimum absolute atomic E-state index is 0.00460. The lowest BCUT2D eigenvalue weighted by Crippen LogP contribution is -2.03. The second-order valence-corrected chi connectivity index (χ2v) is 5.33. The van der Waals surface area contributed by atoms with Gasteiger partial charge in [0.05, 0.1) is 0 Å². The molecule has 1 aromatic carbocycles. The number of rotatable bonds is 4. The summed E-state index contributed by atoms with van der Waals surface area (Å²) in [6.07, 6.45) is 1.35. The number of aromatic nitrogens is 2. The molecule has 6 heteroatoms. The van der Waals surface area contributed by atoms with E-state index in [1.54, 1.807) is 0 Å². The molecule has 1 heterocycles. The van der Waals surface area contributed by atoms with Crippen molar-refractivity contribution in [3.05, 3.63) is 46.2 Å². The molecule has 0 atom stereocenters. The minimum Gasteiger partial charge on any atom is -0.477 e. The Labute approximate surface area is 127 Å². The summed E-state index contributed by atoms with van der Waals surface area (Å²) in [6.45, 7) is 5.91. The monoisotopic (exact) mass is 306 g/mol. The fourth-order valence-electron chi connectivity index (χ4n) is 1.83. The third-order valence-electron chi connectivity index (χ3n) is 2.97. The van der Waals surface area contributed by atoms with E-state index in [1.165, 1.54) is 12.3 Å². The Bertz CT molecular complexity index is 687. The number of carboxylic acid groups (broad SMARTS) is 1. The van der Waals surface area contributed by atoms with Crippen LogP contribution in [0.25, 0.3) is 0 Å². The van der Waals surface area contributed by atoms with E-state index in [4.69, 9.17) is 21.4 Å². The summed E-state index contributed by atoms with van der Waals surface area (Å²) >= 11 is 6.20. The zero-order chi connectivity index (χ0) is 15.6. The van der Waals surface area contributed by atoms with Gasteiger partial charge in [-0.1, -0.05) is 25.4 Å². The van der Waals surface area contributed by atoms with Crippen LogP contribution in [0.15, 0.2) is 24.4 Å². The summed E-state index contributed by atoms with van der Waals surface area (Å²) in [7, 11) is 0. The summed E-state index contributed by atoms with van der Waals surface area (Å²) in [6, 6.07) is 4.95. The van der Waals surface area contributed by atoms with Crippen molar-refractivity contribution in [1.29, 1.82) is 0 Å². The van der Waals surface area contributed by atoms with Crippen molar-refractivity contribution in [2.75, 3.05) is 0 Å². The number of benzene rings is 1. The van der Waals surface area contributed by atoms with Gasteiger partial charge in [-0.2, -0.15) is 4.98 Å². The molecular weight excluding hydrogens is 292 g/mol. The average molecular weight is 307 g/mol. The topological polar surface area (TPSA) is 72.3 Å². The first-order chi connectivity index (χ1) is 9.88. The van der Waals surface area contributed by atoms with Gasteiger partial charge in [0, 0.05) is 11.2 Å². The fraction of sp³-hybridized carbons (Fsp3) is 0.267. The quantitative estimate of drug-likeness (QED) is 0.922. The largest absolute Gasteiger partial charge is 0.477 e. The van der Waals surface area contributed by atoms with E-state index in [-0.39, 0.29) is 17.6 Å². The molecule has 0 amide bonds. The van der Waals surface area contributed by atoms with Gasteiger partial charge in [0.15, 0.2) is 5.69 Å². The normalized spacial score (nSPS) is 10.7. The molecule has 0 unspecified atom stereocenters. The Morgan fingerprint density at radius 1 is 1.38 bits per heavy atom. The average Bonchev–Trinajstić information content (AvgIpc) is 2.41. The Hall–Kier alpha value is -2.14. The highest BCUT2D eigenvalue weighted by atomic mass is 35.5. The molecule has 21 heavy (non-hydrogen) atoms. The second kappa shape index (κ2) is 6.10. The number of aromatic carboxylic acids is 1. The Balaban J connectivity index is 2.37. The smallest absolute Gasteiger partial charge is 0.354 e. The van der Waals surface area contributed by atoms with Gasteiger partial charge >= 0.3 is 12.0 Å². The van der Waals surface area contributed by atoms with Gasteiger partial charge in [-0.3, -0.25) is 0 Å². The van der Waals surface area contributed by atoms with Crippen LogP contribution >= 0.6 is 11.6 Å². The number of hydrogen-bond donors (Lipinski definition) is 1. The van der Waals surface area contributed by atoms with Crippen molar-refractivity contribution in [2.24, 2.45) is 0 Å². The maximum atomic E-state index is 10.9. The summed E-state index contributed by atoms with van der Waals surface area (Å²) in [5.41, 5.74) is 1.66. The highest BCUT2D eigenvalue weighted by Crippen LogP contribution is 2.32. The number of hydrogen-bond acceptors (Lipinski definition) is 4. The molecule has 0 saturated carbocycles. The van der Waals surface area contributed by atoms with E-state index < -0.39 is 5.97 Å². The first kappa shape index (κ1) is 15.3. The molecule has 0 radical (unpaired) electrons. The van der Waals surface area contributed by atoms with Crippen LogP contribution in [0.1, 0.15) is 41.4 Å². The summed E-state index contributed by atoms with van der Waals surface area (Å²) in [5.74, 6) is -0.324. The zero-order valence-electron chi connectivity index (χ0n) is 11.9. The minimum atomic E-state index is -1.13. The van der Waals surface area contributed by atoms with Gasteiger partial charge in [-0.05, 0) is 42.2 Å². The van der Waals surface area contributed by atoms with Crippen LogP contribution in [-0.4, -0.2) is 21.0 Å². The lowest BCUT2D eigenvalue weighted by molar-refractivity contribution is 0.0689. The molecule has 1 N–H and O–H groups in total. The summed E-state index contributed by atoms with van der Waals surface area (Å²) in [4.78, 5) is 18.7. The standard InChI is InChI=1S/C15H15ClN2O3/c1-8(2)10-7-13(9(3)6-11(10)16)21-15-17-5-4-12(18-15)14(19)20/h4-8H,1-3H3,(H,19,20). The highest BCUT2D eigenvalue weighted by molar-refractivity contribution is 6.31. The highest BCUT2D eigenvalue weighted by Gasteiger charge is 2.13. The number of ether oxygens (including phenoxy) is 1. The second-order valence-electron chi connectivity index (χ2n) is 4.93. The van der Waals surface area contributed by atoms with Crippen molar-refractivity contribution in [3.63, 3.8) is 0 Å². The van der Waals surface area contributed by atoms with Gasteiger partial charge in [0.2, 0.25) is 0 Å². The Morgan fingerprint density at radius 3 is 2.71 bits per heavy atom. The van der Waals surface area contributed by atoms with E-state index >= 15 is 0 Å². The molecule has 5 nitrogen and oxygen atoms in total. The fourth-order valence-corrected chi connectivity index (χ4v) is 2.26. The van der Waals surface area contributed by atoms with E-state index in [9.17, 15) is 4.79 Å². The van der Waals surface area contributed by atoms with Crippen LogP contribution in [0, 0.1) is 6.92 Å². The molecular formula is C15H15ClN2O3. The van der Waals surface area contributed by atoms with Gasteiger partial charge in [-0.15, -0.1) is 0 Å². The maximum Gasteiger partial charge on any atom is 0.354 e. The third-order valence-corrected chi connectivity index (χ3v) is 3.30. The number of carbonyl (C=O) groups is 1. The van der Waals surface area contributed by atoms with Gasteiger partial charge < -0.3 is 9.84 Å². The van der Waals surface area contributed by atoms with Gasteiger partial charge in [-0.25, -0.2) is 9.78 Å². The molecule has 0 saturated heterocycles. The van der Waals surface area contributed by atoms with E-state index in [0.717, 1.165) is 11.1 Å². The molecule has 0 spiro atoms. The Kier molecular flexibility index (Phi) is 4.43. The Morgan fingerprint density at radius 2 is 2.10 bits per heavy atom. The molecule has 2 aromatic rings. The van der Waals surface area contributed by atoms with E-state index in [0.29, 0.717) is 10.8 Å². The molecule has 2 rings (SSSR count). The lowest BCUT2D eigenvalue weighted by Gasteiger charge is -2.13. The van der Waals surface area contributed by atoms with Crippen molar-refractivity contribution in [2.45, 2.75) is 26.7 Å². The van der Waals surface area contributed by atoms with Crippen LogP contribution in [0.2, 0.25) is 5.02 Å². The van der Waals surface area contributed by atoms with Crippen LogP contribution in [-0.2, 0) is 0 Å². The van der Waals surface area contributed by atoms with E-state index in [1.807, 2.05) is 32.9 Å². The SMILES string of the molecule is Cc1cc(Cl)c(C(C)C)cc1Oc1nccc(C(=O)O)n1. The van der Waals surface area contributed by atoms with Crippen LogP contribution in [0.5, 0.6) is 11.8 Å². The third kappa shape index (κ3) is 3.49. The zero-order valence-corrected chi connectivity index (χ0v) is 12.7. The van der Waals surface area contributed by atoms with E-state index in [2.05, 4.69) is 9.97 Å². The molecule has 110 valence electrons. The molecule has 0 fully saturated rings. The van der Waals surface area contributed by atoms with Crippen LogP contribution in [0.3, 0.4) is 0 Å². The molecule has 0 aliphatic rings. The van der Waals surface area contributed by atoms with Gasteiger partial charge in [0.25, 0.3) is 0 Å². The first-order valence-electron chi connectivity index (χ1n) is 6.42. The molecule has 0 aliphatic heterocycles. The molecule has 1 aromatic heterocycles. The summed E-state index contributed by atoms with van der Waals surface area (Å²) in [5, 5.41) is 9.60.